The number of amides is 1. The molecular weight excluding hydrogens is 374 g/mol. The predicted octanol–water partition coefficient (Wildman–Crippen LogP) is 2.01. The van der Waals surface area contributed by atoms with E-state index < -0.39 is 6.04 Å². The third-order valence-corrected chi connectivity index (χ3v) is 4.62. The number of nitrogens with zero attached hydrogens (tertiary/aromatic N) is 5. The largest absolute Gasteiger partial charge is 0.497 e. The van der Waals surface area contributed by atoms with Crippen molar-refractivity contribution >= 4 is 17.5 Å². The average Bonchev–Trinajstić information content (AvgIpc) is 3.21. The van der Waals surface area contributed by atoms with Crippen molar-refractivity contribution in [2.75, 3.05) is 24.9 Å². The first-order chi connectivity index (χ1) is 14.1. The zero-order valence-electron chi connectivity index (χ0n) is 16.1. The number of ether oxygens (including phenoxy) is 2. The molecule has 0 fully saturated rings. The van der Waals surface area contributed by atoms with Gasteiger partial charge in [0.05, 0.1) is 25.5 Å². The quantitative estimate of drug-likeness (QED) is 0.676. The smallest absolute Gasteiger partial charge is 0.255 e. The molecule has 2 N–H and O–H groups in total. The summed E-state index contributed by atoms with van der Waals surface area (Å²) in [6.45, 7) is 1.81. The van der Waals surface area contributed by atoms with Gasteiger partial charge in [0.1, 0.15) is 17.5 Å². The van der Waals surface area contributed by atoms with Crippen LogP contribution >= 0.6 is 0 Å². The van der Waals surface area contributed by atoms with Gasteiger partial charge in [0, 0.05) is 24.2 Å². The van der Waals surface area contributed by atoms with Crippen molar-refractivity contribution in [3.63, 3.8) is 0 Å². The first kappa shape index (κ1) is 18.4. The van der Waals surface area contributed by atoms with E-state index in [-0.39, 0.29) is 5.91 Å². The van der Waals surface area contributed by atoms with Crippen LogP contribution in [0.25, 0.3) is 0 Å². The Morgan fingerprint density at radius 2 is 2.10 bits per heavy atom. The van der Waals surface area contributed by atoms with E-state index in [1.54, 1.807) is 48.5 Å². The SMILES string of the molecule is COc1ccc(NC(=O)C2=C(C)Nc3nnnn3C2c2cccnc2)c(OC)c1. The van der Waals surface area contributed by atoms with Gasteiger partial charge in [0.15, 0.2) is 0 Å². The summed E-state index contributed by atoms with van der Waals surface area (Å²) in [4.78, 5) is 17.5. The first-order valence-corrected chi connectivity index (χ1v) is 8.81. The Bertz CT molecular complexity index is 1080. The number of carbonyl (C=O) groups is 1. The number of tetrazole rings is 1. The van der Waals surface area contributed by atoms with Crippen molar-refractivity contribution in [2.45, 2.75) is 13.0 Å². The van der Waals surface area contributed by atoms with Gasteiger partial charge in [-0.1, -0.05) is 11.2 Å². The summed E-state index contributed by atoms with van der Waals surface area (Å²) in [5.74, 6) is 1.25. The molecule has 1 aromatic carbocycles. The molecule has 1 unspecified atom stereocenters. The Balaban J connectivity index is 1.73. The Labute approximate surface area is 166 Å². The van der Waals surface area contributed by atoms with Gasteiger partial charge in [-0.15, -0.1) is 0 Å². The molecule has 1 aliphatic heterocycles. The van der Waals surface area contributed by atoms with Crippen LogP contribution in [0.2, 0.25) is 0 Å². The molecule has 29 heavy (non-hydrogen) atoms. The molecule has 0 aliphatic carbocycles. The summed E-state index contributed by atoms with van der Waals surface area (Å²) in [5, 5.41) is 17.8. The van der Waals surface area contributed by atoms with Crippen molar-refractivity contribution in [3.8, 4) is 11.5 Å². The molecule has 1 amide bonds. The molecule has 10 nitrogen and oxygen atoms in total. The van der Waals surface area contributed by atoms with E-state index in [2.05, 4.69) is 31.1 Å². The summed E-state index contributed by atoms with van der Waals surface area (Å²) in [7, 11) is 3.10. The maximum atomic E-state index is 13.3. The highest BCUT2D eigenvalue weighted by molar-refractivity contribution is 6.06. The van der Waals surface area contributed by atoms with Crippen molar-refractivity contribution in [3.05, 3.63) is 59.6 Å². The number of hydrogen-bond donors (Lipinski definition) is 2. The monoisotopic (exact) mass is 393 g/mol. The van der Waals surface area contributed by atoms with Gasteiger partial charge in [0.2, 0.25) is 5.95 Å². The number of fused-ring (bicyclic) bond motifs is 1. The molecule has 1 atom stereocenters. The first-order valence-electron chi connectivity index (χ1n) is 8.81. The predicted molar refractivity (Wildman–Crippen MR) is 105 cm³/mol. The number of anilines is 2. The number of nitrogens with one attached hydrogen (secondary N) is 2. The lowest BCUT2D eigenvalue weighted by Gasteiger charge is -2.27. The van der Waals surface area contributed by atoms with Crippen LogP contribution in [0.4, 0.5) is 11.6 Å². The molecule has 1 aliphatic rings. The van der Waals surface area contributed by atoms with E-state index in [9.17, 15) is 4.79 Å². The topological polar surface area (TPSA) is 116 Å². The normalized spacial score (nSPS) is 15.3. The second-order valence-corrected chi connectivity index (χ2v) is 6.32. The lowest BCUT2D eigenvalue weighted by molar-refractivity contribution is -0.113. The number of methoxy groups -OCH3 is 2. The molecule has 4 rings (SSSR count). The summed E-state index contributed by atoms with van der Waals surface area (Å²) in [5.41, 5.74) is 2.42. The van der Waals surface area contributed by atoms with E-state index in [0.29, 0.717) is 34.4 Å². The molecule has 0 saturated carbocycles. The molecule has 148 valence electrons. The highest BCUT2D eigenvalue weighted by Crippen LogP contribution is 2.36. The lowest BCUT2D eigenvalue weighted by Crippen LogP contribution is -2.31. The van der Waals surface area contributed by atoms with E-state index in [0.717, 1.165) is 5.56 Å². The molecule has 0 radical (unpaired) electrons. The molecule has 2 aromatic heterocycles. The lowest BCUT2D eigenvalue weighted by atomic mass is 9.96. The summed E-state index contributed by atoms with van der Waals surface area (Å²) < 4.78 is 12.2. The van der Waals surface area contributed by atoms with E-state index in [1.807, 2.05) is 13.0 Å². The van der Waals surface area contributed by atoms with E-state index >= 15 is 0 Å². The van der Waals surface area contributed by atoms with Crippen LogP contribution in [0.1, 0.15) is 18.5 Å². The Hall–Kier alpha value is -3.95. The van der Waals surface area contributed by atoms with Crippen molar-refractivity contribution < 1.29 is 14.3 Å². The fourth-order valence-electron chi connectivity index (χ4n) is 3.24. The van der Waals surface area contributed by atoms with Gasteiger partial charge in [0.25, 0.3) is 5.91 Å². The van der Waals surface area contributed by atoms with Gasteiger partial charge in [-0.3, -0.25) is 9.78 Å². The van der Waals surface area contributed by atoms with Crippen molar-refractivity contribution in [1.29, 1.82) is 0 Å². The summed E-state index contributed by atoms with van der Waals surface area (Å²) in [6.07, 6.45) is 3.36. The fourth-order valence-corrected chi connectivity index (χ4v) is 3.24. The third kappa shape index (κ3) is 3.35. The fraction of sp³-hybridized carbons (Fsp3) is 0.211. The molecule has 0 bridgehead atoms. The number of carbonyl (C=O) groups excluding carboxylic acids is 1. The Kier molecular flexibility index (Phi) is 4.82. The van der Waals surface area contributed by atoms with Crippen molar-refractivity contribution in [1.82, 2.24) is 25.2 Å². The number of hydrogen-bond acceptors (Lipinski definition) is 8. The van der Waals surface area contributed by atoms with Crippen LogP contribution < -0.4 is 20.1 Å². The number of allylic oxidation sites excluding steroid dienone is 1. The number of pyridine rings is 1. The van der Waals surface area contributed by atoms with Gasteiger partial charge < -0.3 is 20.1 Å². The zero-order valence-corrected chi connectivity index (χ0v) is 16.1. The molecular formula is C19H19N7O3. The minimum atomic E-state index is -0.529. The van der Waals surface area contributed by atoms with Crippen LogP contribution in [-0.4, -0.2) is 45.3 Å². The molecule has 0 spiro atoms. The number of aromatic nitrogens is 5. The molecule has 3 aromatic rings. The molecule has 10 heteroatoms. The van der Waals surface area contributed by atoms with Gasteiger partial charge in [-0.2, -0.15) is 4.68 Å². The maximum Gasteiger partial charge on any atom is 0.255 e. The minimum absolute atomic E-state index is 0.312. The van der Waals surface area contributed by atoms with Gasteiger partial charge in [-0.05, 0) is 41.1 Å². The van der Waals surface area contributed by atoms with Gasteiger partial charge >= 0.3 is 0 Å². The van der Waals surface area contributed by atoms with Crippen molar-refractivity contribution in [2.24, 2.45) is 0 Å². The number of benzene rings is 1. The second-order valence-electron chi connectivity index (χ2n) is 6.32. The molecule has 3 heterocycles. The third-order valence-electron chi connectivity index (χ3n) is 4.62. The molecule has 0 saturated heterocycles. The van der Waals surface area contributed by atoms with E-state index in [1.165, 1.54) is 7.11 Å². The average molecular weight is 393 g/mol. The Morgan fingerprint density at radius 1 is 1.24 bits per heavy atom. The van der Waals surface area contributed by atoms with Crippen LogP contribution in [0.3, 0.4) is 0 Å². The maximum absolute atomic E-state index is 13.3. The highest BCUT2D eigenvalue weighted by atomic mass is 16.5. The second kappa shape index (κ2) is 7.58. The van der Waals surface area contributed by atoms with Crippen LogP contribution in [0.15, 0.2) is 54.0 Å². The Morgan fingerprint density at radius 3 is 2.83 bits per heavy atom. The number of rotatable bonds is 5. The summed E-state index contributed by atoms with van der Waals surface area (Å²) in [6, 6.07) is 8.33. The minimum Gasteiger partial charge on any atom is -0.497 e. The summed E-state index contributed by atoms with van der Waals surface area (Å²) >= 11 is 0. The van der Waals surface area contributed by atoms with Gasteiger partial charge in [-0.25, -0.2) is 0 Å². The zero-order chi connectivity index (χ0) is 20.4. The highest BCUT2D eigenvalue weighted by Gasteiger charge is 2.34. The standard InChI is InChI=1S/C19H19N7O3/c1-11-16(18(27)22-14-7-6-13(28-2)9-15(14)29-3)17(12-5-4-8-20-10-12)26-19(21-11)23-24-25-26/h4-10,17H,1-3H3,(H,22,27)(H,21,23,25). The van der Waals surface area contributed by atoms with Crippen LogP contribution in [0, 0.1) is 0 Å². The van der Waals surface area contributed by atoms with Crippen LogP contribution in [0.5, 0.6) is 11.5 Å². The van der Waals surface area contributed by atoms with Crippen LogP contribution in [-0.2, 0) is 4.79 Å². The van der Waals surface area contributed by atoms with E-state index in [4.69, 9.17) is 9.47 Å².